The minimum Gasteiger partial charge on any atom is -0.481 e. The van der Waals surface area contributed by atoms with Gasteiger partial charge in [-0.15, -0.1) is 0 Å². The number of para-hydroxylation sites is 1. The third-order valence-electron chi connectivity index (χ3n) is 5.18. The average molecular weight is 406 g/mol. The highest BCUT2D eigenvalue weighted by molar-refractivity contribution is 5.77. The number of halogens is 1. The lowest BCUT2D eigenvalue weighted by Gasteiger charge is -2.31. The van der Waals surface area contributed by atoms with Crippen molar-refractivity contribution < 1.29 is 18.7 Å². The van der Waals surface area contributed by atoms with Crippen LogP contribution in [0.1, 0.15) is 31.5 Å². The van der Waals surface area contributed by atoms with E-state index in [0.717, 1.165) is 5.82 Å². The van der Waals surface area contributed by atoms with Crippen LogP contribution in [0.25, 0.3) is 0 Å². The number of nitrogens with zero attached hydrogens (tertiary/aromatic N) is 4. The van der Waals surface area contributed by atoms with Crippen LogP contribution in [0.2, 0.25) is 0 Å². The predicted octanol–water partition coefficient (Wildman–Crippen LogP) is 1.64. The largest absolute Gasteiger partial charge is 0.481 e. The molecule has 9 heteroatoms. The number of likely N-dealkylation sites (tertiary alicyclic amines) is 1. The van der Waals surface area contributed by atoms with E-state index in [1.54, 1.807) is 28.7 Å². The first-order valence-corrected chi connectivity index (χ1v) is 9.86. The molecule has 0 spiro atoms. The Labute approximate surface area is 168 Å². The second kappa shape index (κ2) is 9.69. The second-order valence-corrected chi connectivity index (χ2v) is 6.98. The number of carbonyl (C=O) groups excluding carboxylic acids is 1. The summed E-state index contributed by atoms with van der Waals surface area (Å²) in [5.74, 6) is 0.293. The van der Waals surface area contributed by atoms with Crippen molar-refractivity contribution in [2.75, 3.05) is 33.4 Å². The lowest BCUT2D eigenvalue weighted by molar-refractivity contribution is -0.134. The molecule has 2 aromatic rings. The number of hydrogen-bond donors (Lipinski definition) is 0. The predicted molar refractivity (Wildman–Crippen MR) is 104 cm³/mol. The number of ether oxygens (including phenoxy) is 2. The fourth-order valence-electron chi connectivity index (χ4n) is 3.56. The minimum absolute atomic E-state index is 0.0734. The summed E-state index contributed by atoms with van der Waals surface area (Å²) in [6, 6.07) is 6.03. The molecule has 0 unspecified atom stereocenters. The van der Waals surface area contributed by atoms with Crippen molar-refractivity contribution >= 4 is 5.91 Å². The molecule has 1 aliphatic rings. The van der Waals surface area contributed by atoms with Gasteiger partial charge in [0.2, 0.25) is 0 Å². The van der Waals surface area contributed by atoms with Crippen molar-refractivity contribution in [2.24, 2.45) is 0 Å². The third kappa shape index (κ3) is 4.84. The van der Waals surface area contributed by atoms with E-state index >= 15 is 0 Å². The molecule has 2 heterocycles. The van der Waals surface area contributed by atoms with Crippen LogP contribution in [0, 0.1) is 5.82 Å². The van der Waals surface area contributed by atoms with Crippen molar-refractivity contribution in [3.63, 3.8) is 0 Å². The molecule has 0 atom stereocenters. The molecule has 158 valence electrons. The van der Waals surface area contributed by atoms with Gasteiger partial charge < -0.3 is 14.4 Å². The number of benzene rings is 1. The summed E-state index contributed by atoms with van der Waals surface area (Å²) < 4.78 is 27.1. The first-order chi connectivity index (χ1) is 14.0. The smallest absolute Gasteiger partial charge is 0.345 e. The van der Waals surface area contributed by atoms with E-state index in [0.29, 0.717) is 45.6 Å². The maximum atomic E-state index is 13.6. The standard InChI is InChI=1S/C20H27FN4O4/c1-3-24-19(22-25(20(24)27)12-13-28-2)15-8-10-23(11-9-15)18(26)14-29-17-7-5-4-6-16(17)21/h4-7,15H,3,8-14H2,1-2H3. The molecule has 1 aromatic heterocycles. The van der Waals surface area contributed by atoms with E-state index in [1.165, 1.54) is 16.8 Å². The molecule has 0 radical (unpaired) electrons. The van der Waals surface area contributed by atoms with E-state index in [-0.39, 0.29) is 29.9 Å². The summed E-state index contributed by atoms with van der Waals surface area (Å²) in [5, 5.41) is 4.51. The highest BCUT2D eigenvalue weighted by Crippen LogP contribution is 2.26. The van der Waals surface area contributed by atoms with Gasteiger partial charge in [-0.2, -0.15) is 5.10 Å². The van der Waals surface area contributed by atoms with Gasteiger partial charge in [0.25, 0.3) is 5.91 Å². The van der Waals surface area contributed by atoms with E-state index < -0.39 is 5.82 Å². The molecule has 1 aliphatic heterocycles. The third-order valence-corrected chi connectivity index (χ3v) is 5.18. The summed E-state index contributed by atoms with van der Waals surface area (Å²) in [4.78, 5) is 26.6. The number of methoxy groups -OCH3 is 1. The first-order valence-electron chi connectivity index (χ1n) is 9.86. The molecule has 29 heavy (non-hydrogen) atoms. The van der Waals surface area contributed by atoms with Crippen molar-refractivity contribution in [3.05, 3.63) is 46.4 Å². The van der Waals surface area contributed by atoms with E-state index in [4.69, 9.17) is 9.47 Å². The number of carbonyl (C=O) groups is 1. The number of piperidine rings is 1. The lowest BCUT2D eigenvalue weighted by Crippen LogP contribution is -2.41. The van der Waals surface area contributed by atoms with Crippen LogP contribution in [0.15, 0.2) is 29.1 Å². The quantitative estimate of drug-likeness (QED) is 0.666. The molecule has 1 saturated heterocycles. The van der Waals surface area contributed by atoms with Crippen LogP contribution in [0.5, 0.6) is 5.75 Å². The van der Waals surface area contributed by atoms with Gasteiger partial charge in [-0.25, -0.2) is 13.9 Å². The van der Waals surface area contributed by atoms with Gasteiger partial charge >= 0.3 is 5.69 Å². The summed E-state index contributed by atoms with van der Waals surface area (Å²) in [5.41, 5.74) is -0.128. The number of hydrogen-bond acceptors (Lipinski definition) is 5. The molecule has 1 fully saturated rings. The van der Waals surface area contributed by atoms with Crippen LogP contribution in [0.4, 0.5) is 4.39 Å². The number of rotatable bonds is 8. The van der Waals surface area contributed by atoms with E-state index in [2.05, 4.69) is 5.10 Å². The van der Waals surface area contributed by atoms with Gasteiger partial charge in [-0.05, 0) is 31.9 Å². The van der Waals surface area contributed by atoms with E-state index in [9.17, 15) is 14.0 Å². The van der Waals surface area contributed by atoms with Crippen LogP contribution >= 0.6 is 0 Å². The summed E-state index contributed by atoms with van der Waals surface area (Å²) >= 11 is 0. The summed E-state index contributed by atoms with van der Waals surface area (Å²) in [6.45, 7) is 4.22. The van der Waals surface area contributed by atoms with Crippen LogP contribution in [-0.4, -0.2) is 58.6 Å². The van der Waals surface area contributed by atoms with Gasteiger partial charge in [0.1, 0.15) is 5.82 Å². The Morgan fingerprint density at radius 3 is 2.66 bits per heavy atom. The fourth-order valence-corrected chi connectivity index (χ4v) is 3.56. The minimum atomic E-state index is -0.486. The van der Waals surface area contributed by atoms with Gasteiger partial charge in [-0.1, -0.05) is 12.1 Å². The van der Waals surface area contributed by atoms with Crippen molar-refractivity contribution in [2.45, 2.75) is 38.8 Å². The highest BCUT2D eigenvalue weighted by Gasteiger charge is 2.28. The molecule has 8 nitrogen and oxygen atoms in total. The molecule has 3 rings (SSSR count). The zero-order chi connectivity index (χ0) is 20.8. The molecular weight excluding hydrogens is 379 g/mol. The van der Waals surface area contributed by atoms with E-state index in [1.807, 2.05) is 6.92 Å². The highest BCUT2D eigenvalue weighted by atomic mass is 19.1. The number of amides is 1. The van der Waals surface area contributed by atoms with Gasteiger partial charge in [-0.3, -0.25) is 9.36 Å². The molecular formula is C20H27FN4O4. The first kappa shape index (κ1) is 21.0. The Morgan fingerprint density at radius 1 is 1.28 bits per heavy atom. The zero-order valence-electron chi connectivity index (χ0n) is 16.8. The molecule has 0 bridgehead atoms. The average Bonchev–Trinajstić information content (AvgIpc) is 3.06. The van der Waals surface area contributed by atoms with Gasteiger partial charge in [0.15, 0.2) is 18.2 Å². The van der Waals surface area contributed by atoms with Gasteiger partial charge in [0.05, 0.1) is 13.2 Å². The van der Waals surface area contributed by atoms with Crippen molar-refractivity contribution in [1.29, 1.82) is 0 Å². The summed E-state index contributed by atoms with van der Waals surface area (Å²) in [6.07, 6.45) is 1.43. The Bertz CT molecular complexity index is 887. The Kier molecular flexibility index (Phi) is 7.03. The fraction of sp³-hybridized carbons (Fsp3) is 0.550. The maximum absolute atomic E-state index is 13.6. The second-order valence-electron chi connectivity index (χ2n) is 6.98. The topological polar surface area (TPSA) is 78.6 Å². The molecule has 0 N–H and O–H groups in total. The summed E-state index contributed by atoms with van der Waals surface area (Å²) in [7, 11) is 1.59. The SMILES string of the molecule is CCn1c(C2CCN(C(=O)COc3ccccc3F)CC2)nn(CCOC)c1=O. The zero-order valence-corrected chi connectivity index (χ0v) is 16.8. The monoisotopic (exact) mass is 406 g/mol. The van der Waals surface area contributed by atoms with Crippen LogP contribution < -0.4 is 10.4 Å². The molecule has 1 aromatic carbocycles. The Hall–Kier alpha value is -2.68. The van der Waals surface area contributed by atoms with Crippen LogP contribution in [0.3, 0.4) is 0 Å². The Morgan fingerprint density at radius 2 is 2.00 bits per heavy atom. The van der Waals surface area contributed by atoms with Gasteiger partial charge in [0, 0.05) is 32.7 Å². The normalized spacial score (nSPS) is 14.9. The molecule has 0 aliphatic carbocycles. The van der Waals surface area contributed by atoms with Crippen LogP contribution in [-0.2, 0) is 22.6 Å². The van der Waals surface area contributed by atoms with Crippen molar-refractivity contribution in [1.82, 2.24) is 19.2 Å². The molecule has 1 amide bonds. The lowest BCUT2D eigenvalue weighted by atomic mass is 9.96. The maximum Gasteiger partial charge on any atom is 0.345 e. The Balaban J connectivity index is 1.58. The molecule has 0 saturated carbocycles. The van der Waals surface area contributed by atoms with Crippen molar-refractivity contribution in [3.8, 4) is 5.75 Å². The number of aromatic nitrogens is 3.